The van der Waals surface area contributed by atoms with E-state index < -0.39 is 29.4 Å². The van der Waals surface area contributed by atoms with E-state index in [0.717, 1.165) is 0 Å². The van der Waals surface area contributed by atoms with Crippen LogP contribution in [0.3, 0.4) is 0 Å². The van der Waals surface area contributed by atoms with E-state index in [1.807, 2.05) is 27.7 Å². The van der Waals surface area contributed by atoms with Crippen molar-refractivity contribution in [1.29, 1.82) is 0 Å². The van der Waals surface area contributed by atoms with Crippen molar-refractivity contribution in [1.82, 2.24) is 0 Å². The Balaban J connectivity index is 4.54. The molecule has 0 saturated carbocycles. The first-order chi connectivity index (χ1) is 8.16. The number of rotatable bonds is 8. The predicted molar refractivity (Wildman–Crippen MR) is 69.9 cm³/mol. The second-order valence-electron chi connectivity index (χ2n) is 5.53. The molecular formula is C13H24N2O3. The third kappa shape index (κ3) is 5.51. The zero-order valence-corrected chi connectivity index (χ0v) is 11.6. The minimum Gasteiger partial charge on any atom is -0.321 e. The van der Waals surface area contributed by atoms with Crippen molar-refractivity contribution in [2.45, 2.75) is 52.6 Å². The van der Waals surface area contributed by atoms with Crippen LogP contribution in [0.5, 0.6) is 0 Å². The number of Topliss-reactive ketones (excluding diaryl/α,β-unsaturated/α-hetero) is 3. The summed E-state index contributed by atoms with van der Waals surface area (Å²) in [6, 6.07) is -1.82. The molecular weight excluding hydrogens is 232 g/mol. The molecule has 0 aromatic carbocycles. The summed E-state index contributed by atoms with van der Waals surface area (Å²) in [5.74, 6) is -2.33. The molecule has 0 bridgehead atoms. The Morgan fingerprint density at radius 1 is 0.778 bits per heavy atom. The molecule has 0 saturated heterocycles. The van der Waals surface area contributed by atoms with Crippen LogP contribution in [0.25, 0.3) is 0 Å². The smallest absolute Gasteiger partial charge is 0.267 e. The molecule has 5 nitrogen and oxygen atoms in total. The molecule has 0 aromatic rings. The van der Waals surface area contributed by atoms with Crippen molar-refractivity contribution in [3.63, 3.8) is 0 Å². The van der Waals surface area contributed by atoms with Crippen LogP contribution in [0.4, 0.5) is 0 Å². The van der Waals surface area contributed by atoms with Crippen LogP contribution in [0.2, 0.25) is 0 Å². The molecule has 0 aromatic heterocycles. The Hall–Kier alpha value is -1.07. The lowest BCUT2D eigenvalue weighted by atomic mass is 9.93. The average molecular weight is 256 g/mol. The highest BCUT2D eigenvalue weighted by molar-refractivity contribution is 6.65. The van der Waals surface area contributed by atoms with Crippen molar-refractivity contribution in [3.8, 4) is 0 Å². The van der Waals surface area contributed by atoms with Crippen molar-refractivity contribution in [3.05, 3.63) is 0 Å². The fourth-order valence-electron chi connectivity index (χ4n) is 1.69. The van der Waals surface area contributed by atoms with Gasteiger partial charge in [0.2, 0.25) is 11.6 Å². The first-order valence-electron chi connectivity index (χ1n) is 6.30. The van der Waals surface area contributed by atoms with Crippen LogP contribution >= 0.6 is 0 Å². The molecule has 18 heavy (non-hydrogen) atoms. The minimum atomic E-state index is -1.06. The summed E-state index contributed by atoms with van der Waals surface area (Å²) in [4.78, 5) is 34.9. The Morgan fingerprint density at radius 3 is 1.28 bits per heavy atom. The molecule has 104 valence electrons. The van der Waals surface area contributed by atoms with Gasteiger partial charge in [0.25, 0.3) is 5.78 Å². The van der Waals surface area contributed by atoms with Gasteiger partial charge in [-0.3, -0.25) is 14.4 Å². The van der Waals surface area contributed by atoms with Gasteiger partial charge in [0.15, 0.2) is 0 Å². The van der Waals surface area contributed by atoms with Crippen LogP contribution in [0, 0.1) is 11.8 Å². The van der Waals surface area contributed by atoms with Crippen molar-refractivity contribution in [2.75, 3.05) is 0 Å². The second-order valence-corrected chi connectivity index (χ2v) is 5.53. The van der Waals surface area contributed by atoms with Gasteiger partial charge in [-0.05, 0) is 24.7 Å². The number of carbonyl (C=O) groups is 3. The molecule has 0 rings (SSSR count). The molecule has 4 N–H and O–H groups in total. The molecule has 0 fully saturated rings. The van der Waals surface area contributed by atoms with Gasteiger partial charge in [-0.15, -0.1) is 0 Å². The third-order valence-electron chi connectivity index (χ3n) is 2.57. The van der Waals surface area contributed by atoms with Crippen molar-refractivity contribution >= 4 is 17.3 Å². The van der Waals surface area contributed by atoms with Crippen LogP contribution in [-0.4, -0.2) is 29.4 Å². The Labute approximate surface area is 108 Å². The fraction of sp³-hybridized carbons (Fsp3) is 0.769. The van der Waals surface area contributed by atoms with Gasteiger partial charge in [-0.25, -0.2) is 0 Å². The van der Waals surface area contributed by atoms with Crippen LogP contribution in [0.15, 0.2) is 0 Å². The zero-order valence-electron chi connectivity index (χ0n) is 11.6. The molecule has 0 aliphatic carbocycles. The van der Waals surface area contributed by atoms with Gasteiger partial charge in [0.1, 0.15) is 0 Å². The van der Waals surface area contributed by atoms with Gasteiger partial charge in [-0.2, -0.15) is 0 Å². The van der Waals surface area contributed by atoms with E-state index in [4.69, 9.17) is 11.5 Å². The standard InChI is InChI=1S/C13H24N2O3/c1-7(2)5-9(14)11(16)13(18)12(17)10(15)6-8(3)4/h7-10H,5-6,14-15H2,1-4H3/t9-,10-/m1/s1. The number of nitrogens with two attached hydrogens (primary N) is 2. The van der Waals surface area contributed by atoms with E-state index in [0.29, 0.717) is 12.8 Å². The maximum Gasteiger partial charge on any atom is 0.267 e. The first-order valence-corrected chi connectivity index (χ1v) is 6.30. The van der Waals surface area contributed by atoms with Crippen molar-refractivity contribution in [2.24, 2.45) is 23.3 Å². The Kier molecular flexibility index (Phi) is 6.94. The molecule has 0 heterocycles. The number of carbonyl (C=O) groups excluding carboxylic acids is 3. The largest absolute Gasteiger partial charge is 0.321 e. The molecule has 0 amide bonds. The molecule has 0 spiro atoms. The zero-order chi connectivity index (χ0) is 14.5. The lowest BCUT2D eigenvalue weighted by Gasteiger charge is -2.14. The first kappa shape index (κ1) is 16.9. The predicted octanol–water partition coefficient (Wildman–Crippen LogP) is 0.441. The normalized spacial score (nSPS) is 14.7. The molecule has 0 unspecified atom stereocenters. The van der Waals surface area contributed by atoms with Gasteiger partial charge in [0, 0.05) is 0 Å². The number of ketones is 3. The maximum atomic E-state index is 11.7. The summed E-state index contributed by atoms with van der Waals surface area (Å²) < 4.78 is 0. The molecule has 5 heteroatoms. The molecule has 0 radical (unpaired) electrons. The number of hydrogen-bond acceptors (Lipinski definition) is 5. The van der Waals surface area contributed by atoms with Gasteiger partial charge in [-0.1, -0.05) is 27.7 Å². The SMILES string of the molecule is CC(C)C[C@@H](N)C(=O)C(=O)C(=O)[C@H](N)CC(C)C. The highest BCUT2D eigenvalue weighted by Crippen LogP contribution is 2.07. The third-order valence-corrected chi connectivity index (χ3v) is 2.57. The molecule has 0 aliphatic heterocycles. The summed E-state index contributed by atoms with van der Waals surface area (Å²) in [6.45, 7) is 7.57. The molecule has 0 aliphatic rings. The monoisotopic (exact) mass is 256 g/mol. The van der Waals surface area contributed by atoms with E-state index >= 15 is 0 Å². The highest BCUT2D eigenvalue weighted by Gasteiger charge is 2.31. The van der Waals surface area contributed by atoms with Gasteiger partial charge in [0.05, 0.1) is 12.1 Å². The molecule has 2 atom stereocenters. The van der Waals surface area contributed by atoms with Crippen molar-refractivity contribution < 1.29 is 14.4 Å². The quantitative estimate of drug-likeness (QED) is 0.484. The summed E-state index contributed by atoms with van der Waals surface area (Å²) in [6.07, 6.45) is 0.772. The Morgan fingerprint density at radius 2 is 1.06 bits per heavy atom. The van der Waals surface area contributed by atoms with Crippen LogP contribution < -0.4 is 11.5 Å². The second kappa shape index (κ2) is 7.38. The minimum absolute atomic E-state index is 0.191. The van der Waals surface area contributed by atoms with E-state index in [2.05, 4.69) is 0 Å². The Bertz CT molecular complexity index is 294. The summed E-state index contributed by atoms with van der Waals surface area (Å²) in [5, 5.41) is 0. The van der Waals surface area contributed by atoms with E-state index in [-0.39, 0.29) is 11.8 Å². The van der Waals surface area contributed by atoms with Gasteiger partial charge < -0.3 is 11.5 Å². The van der Waals surface area contributed by atoms with E-state index in [9.17, 15) is 14.4 Å². The average Bonchev–Trinajstić information content (AvgIpc) is 2.24. The summed E-state index contributed by atoms with van der Waals surface area (Å²) in [5.41, 5.74) is 11.2. The summed E-state index contributed by atoms with van der Waals surface area (Å²) in [7, 11) is 0. The highest BCUT2D eigenvalue weighted by atomic mass is 16.2. The van der Waals surface area contributed by atoms with Gasteiger partial charge >= 0.3 is 0 Å². The van der Waals surface area contributed by atoms with E-state index in [1.165, 1.54) is 0 Å². The van der Waals surface area contributed by atoms with Crippen LogP contribution in [0.1, 0.15) is 40.5 Å². The maximum absolute atomic E-state index is 11.7. The fourth-order valence-corrected chi connectivity index (χ4v) is 1.69. The van der Waals surface area contributed by atoms with E-state index in [1.54, 1.807) is 0 Å². The lowest BCUT2D eigenvalue weighted by molar-refractivity contribution is -0.145. The summed E-state index contributed by atoms with van der Waals surface area (Å²) >= 11 is 0. The lowest BCUT2D eigenvalue weighted by Crippen LogP contribution is -2.46. The van der Waals surface area contributed by atoms with Crippen LogP contribution in [-0.2, 0) is 14.4 Å². The topological polar surface area (TPSA) is 103 Å². The number of hydrogen-bond donors (Lipinski definition) is 2.